The Morgan fingerprint density at radius 2 is 2.04 bits per heavy atom. The summed E-state index contributed by atoms with van der Waals surface area (Å²) >= 11 is 3.47. The summed E-state index contributed by atoms with van der Waals surface area (Å²) in [5.41, 5.74) is 0.958. The second kappa shape index (κ2) is 7.90. The molecule has 1 heterocycles. The van der Waals surface area contributed by atoms with E-state index in [0.717, 1.165) is 19.3 Å². The van der Waals surface area contributed by atoms with Crippen LogP contribution in [-0.4, -0.2) is 22.3 Å². The Labute approximate surface area is 160 Å². The highest BCUT2D eigenvalue weighted by atomic mass is 79.9. The van der Waals surface area contributed by atoms with E-state index in [1.54, 1.807) is 0 Å². The standard InChI is InChI=1S/C15H17BrF2NO5PS/c1-2-3-4-5-24-10-7-8(14(19)20)6-9-11(16)13(26-12(9)10)15(17,18)25(21,22)23/h6-7H,2-5H2,1H3,(H2,19,20)(H2,21,22,23). The Morgan fingerprint density at radius 3 is 2.58 bits per heavy atom. The first-order chi connectivity index (χ1) is 12.0. The van der Waals surface area contributed by atoms with Crippen LogP contribution in [0.5, 0.6) is 5.75 Å². The topological polar surface area (TPSA) is 110 Å². The lowest BCUT2D eigenvalue weighted by Gasteiger charge is -2.16. The highest BCUT2D eigenvalue weighted by Crippen LogP contribution is 2.63. The van der Waals surface area contributed by atoms with E-state index >= 15 is 0 Å². The quantitative estimate of drug-likeness (QED) is 0.386. The first-order valence-corrected chi connectivity index (χ1v) is 10.9. The van der Waals surface area contributed by atoms with Gasteiger partial charge in [0.25, 0.3) is 0 Å². The number of amides is 1. The van der Waals surface area contributed by atoms with Crippen molar-refractivity contribution in [3.05, 3.63) is 27.0 Å². The summed E-state index contributed by atoms with van der Waals surface area (Å²) < 4.78 is 45.3. The Kier molecular flexibility index (Phi) is 6.45. The fourth-order valence-electron chi connectivity index (χ4n) is 2.25. The third kappa shape index (κ3) is 4.09. The zero-order valence-electron chi connectivity index (χ0n) is 13.7. The van der Waals surface area contributed by atoms with Gasteiger partial charge in [0.1, 0.15) is 10.6 Å². The van der Waals surface area contributed by atoms with Crippen LogP contribution in [0.2, 0.25) is 0 Å². The molecule has 0 spiro atoms. The first-order valence-electron chi connectivity index (χ1n) is 7.63. The van der Waals surface area contributed by atoms with Crippen LogP contribution in [0, 0.1) is 0 Å². The summed E-state index contributed by atoms with van der Waals surface area (Å²) in [7, 11) is -5.73. The normalized spacial score (nSPS) is 12.5. The molecule has 6 nitrogen and oxygen atoms in total. The second-order valence-electron chi connectivity index (χ2n) is 5.60. The van der Waals surface area contributed by atoms with E-state index in [2.05, 4.69) is 15.9 Å². The van der Waals surface area contributed by atoms with E-state index in [4.69, 9.17) is 20.3 Å². The largest absolute Gasteiger partial charge is 0.492 e. The molecule has 0 fully saturated rings. The third-order valence-electron chi connectivity index (χ3n) is 3.62. The van der Waals surface area contributed by atoms with Gasteiger partial charge in [-0.15, -0.1) is 11.3 Å². The number of hydrogen-bond donors (Lipinski definition) is 3. The number of carbonyl (C=O) groups is 1. The van der Waals surface area contributed by atoms with Gasteiger partial charge in [-0.05, 0) is 34.5 Å². The Balaban J connectivity index is 2.62. The molecule has 0 atom stereocenters. The van der Waals surface area contributed by atoms with Crippen LogP contribution < -0.4 is 10.5 Å². The molecule has 144 valence electrons. The molecule has 1 amide bonds. The number of benzene rings is 1. The maximum atomic E-state index is 14.2. The van der Waals surface area contributed by atoms with Gasteiger partial charge in [-0.2, -0.15) is 8.78 Å². The SMILES string of the molecule is CCCCCOc1cc(C(N)=O)cc2c(Br)c(C(F)(F)P(=O)(O)O)sc12. The zero-order chi connectivity index (χ0) is 19.7. The molecule has 0 saturated heterocycles. The average Bonchev–Trinajstić information content (AvgIpc) is 2.88. The van der Waals surface area contributed by atoms with Crippen molar-refractivity contribution in [2.24, 2.45) is 5.73 Å². The molecule has 0 saturated carbocycles. The minimum atomic E-state index is -5.73. The summed E-state index contributed by atoms with van der Waals surface area (Å²) in [6, 6.07) is 2.63. The summed E-state index contributed by atoms with van der Waals surface area (Å²) in [5, 5.41) is 0.180. The lowest BCUT2D eigenvalue weighted by Crippen LogP contribution is -2.12. The molecule has 1 aromatic carbocycles. The van der Waals surface area contributed by atoms with E-state index in [1.165, 1.54) is 12.1 Å². The average molecular weight is 472 g/mol. The number of hydrogen-bond acceptors (Lipinski definition) is 4. The fraction of sp³-hybridized carbons (Fsp3) is 0.400. The summed E-state index contributed by atoms with van der Waals surface area (Å²) in [5.74, 6) is -0.599. The Morgan fingerprint density at radius 1 is 1.38 bits per heavy atom. The minimum Gasteiger partial charge on any atom is -0.492 e. The second-order valence-corrected chi connectivity index (χ2v) is 9.06. The number of alkyl halides is 2. The van der Waals surface area contributed by atoms with E-state index in [1.807, 2.05) is 6.92 Å². The molecule has 2 aromatic rings. The molecule has 4 N–H and O–H groups in total. The molecule has 11 heteroatoms. The molecule has 0 radical (unpaired) electrons. The van der Waals surface area contributed by atoms with Gasteiger partial charge in [-0.1, -0.05) is 19.8 Å². The molecule has 0 aliphatic carbocycles. The predicted molar refractivity (Wildman–Crippen MR) is 99.0 cm³/mol. The number of unbranched alkanes of at least 4 members (excludes halogenated alkanes) is 2. The number of fused-ring (bicyclic) bond motifs is 1. The van der Waals surface area contributed by atoms with E-state index < -0.39 is 24.0 Å². The summed E-state index contributed by atoms with van der Waals surface area (Å²) in [4.78, 5) is 28.7. The number of halogens is 3. The van der Waals surface area contributed by atoms with Gasteiger partial charge >= 0.3 is 13.3 Å². The van der Waals surface area contributed by atoms with Crippen LogP contribution in [0.3, 0.4) is 0 Å². The van der Waals surface area contributed by atoms with Gasteiger partial charge in [0.05, 0.1) is 11.3 Å². The monoisotopic (exact) mass is 471 g/mol. The molecule has 0 aliphatic heterocycles. The van der Waals surface area contributed by atoms with Crippen LogP contribution in [0.15, 0.2) is 16.6 Å². The Hall–Kier alpha value is -1.06. The third-order valence-corrected chi connectivity index (χ3v) is 7.11. The molecular weight excluding hydrogens is 455 g/mol. The number of carbonyl (C=O) groups excluding carboxylic acids is 1. The van der Waals surface area contributed by atoms with Crippen molar-refractivity contribution in [1.29, 1.82) is 0 Å². The maximum absolute atomic E-state index is 14.2. The van der Waals surface area contributed by atoms with Crippen molar-refractivity contribution < 1.29 is 32.7 Å². The van der Waals surface area contributed by atoms with Crippen LogP contribution >= 0.6 is 34.9 Å². The van der Waals surface area contributed by atoms with Crippen LogP contribution in [0.4, 0.5) is 8.78 Å². The number of primary amides is 1. The molecule has 26 heavy (non-hydrogen) atoms. The van der Waals surface area contributed by atoms with Gasteiger partial charge < -0.3 is 20.3 Å². The fourth-order valence-corrected chi connectivity index (χ4v) is 5.22. The molecule has 0 unspecified atom stereocenters. The summed E-state index contributed by atoms with van der Waals surface area (Å²) in [6.07, 6.45) is 2.61. The minimum absolute atomic E-state index is 0.0486. The number of rotatable bonds is 8. The lowest BCUT2D eigenvalue weighted by molar-refractivity contribution is 0.0595. The van der Waals surface area contributed by atoms with Gasteiger partial charge in [-0.25, -0.2) is 0 Å². The molecule has 0 aliphatic rings. The van der Waals surface area contributed by atoms with Crippen LogP contribution in [0.1, 0.15) is 41.4 Å². The number of ether oxygens (including phenoxy) is 1. The molecule has 2 rings (SSSR count). The highest BCUT2D eigenvalue weighted by molar-refractivity contribution is 9.10. The van der Waals surface area contributed by atoms with Crippen LogP contribution in [0.25, 0.3) is 10.1 Å². The van der Waals surface area contributed by atoms with Gasteiger partial charge in [-0.3, -0.25) is 9.36 Å². The molecule has 0 bridgehead atoms. The van der Waals surface area contributed by atoms with Crippen molar-refractivity contribution >= 4 is 50.9 Å². The van der Waals surface area contributed by atoms with Crippen molar-refractivity contribution in [2.45, 2.75) is 31.8 Å². The van der Waals surface area contributed by atoms with Crippen molar-refractivity contribution in [3.63, 3.8) is 0 Å². The Bertz CT molecular complexity index is 883. The maximum Gasteiger partial charge on any atom is 0.400 e. The van der Waals surface area contributed by atoms with Gasteiger partial charge in [0.15, 0.2) is 0 Å². The lowest BCUT2D eigenvalue weighted by atomic mass is 10.1. The summed E-state index contributed by atoms with van der Waals surface area (Å²) in [6.45, 7) is 2.32. The number of nitrogens with two attached hydrogens (primary N) is 1. The molecular formula is C15H17BrF2NO5PS. The van der Waals surface area contributed by atoms with Gasteiger partial charge in [0.2, 0.25) is 5.91 Å². The van der Waals surface area contributed by atoms with E-state index in [9.17, 15) is 18.1 Å². The van der Waals surface area contributed by atoms with Crippen molar-refractivity contribution in [3.8, 4) is 5.75 Å². The van der Waals surface area contributed by atoms with Crippen molar-refractivity contribution in [2.75, 3.05) is 6.61 Å². The van der Waals surface area contributed by atoms with E-state index in [0.29, 0.717) is 17.9 Å². The number of thiophene rings is 1. The van der Waals surface area contributed by atoms with Crippen molar-refractivity contribution in [1.82, 2.24) is 0 Å². The zero-order valence-corrected chi connectivity index (χ0v) is 17.0. The highest BCUT2D eigenvalue weighted by Gasteiger charge is 2.53. The smallest absolute Gasteiger partial charge is 0.400 e. The first kappa shape index (κ1) is 21.2. The molecule has 1 aromatic heterocycles. The van der Waals surface area contributed by atoms with E-state index in [-0.39, 0.29) is 25.9 Å². The van der Waals surface area contributed by atoms with Gasteiger partial charge in [0, 0.05) is 15.4 Å². The predicted octanol–water partition coefficient (Wildman–Crippen LogP) is 4.56. The van der Waals surface area contributed by atoms with Crippen LogP contribution in [-0.2, 0) is 10.2 Å².